The number of hydrogen-bond acceptors (Lipinski definition) is 5. The Labute approximate surface area is 99.9 Å². The Bertz CT molecular complexity index is 391. The van der Waals surface area contributed by atoms with E-state index < -0.39 is 0 Å². The SMILES string of the molecule is COCCC(=O)N1CC[C@H](c2nc(C)no2)C1. The van der Waals surface area contributed by atoms with Crippen molar-refractivity contribution in [2.24, 2.45) is 0 Å². The zero-order valence-corrected chi connectivity index (χ0v) is 10.2. The molecule has 0 radical (unpaired) electrons. The molecule has 1 fully saturated rings. The maximum Gasteiger partial charge on any atom is 0.231 e. The van der Waals surface area contributed by atoms with Gasteiger partial charge >= 0.3 is 0 Å². The predicted octanol–water partition coefficient (Wildman–Crippen LogP) is 0.730. The lowest BCUT2D eigenvalue weighted by Crippen LogP contribution is -2.29. The molecule has 1 atom stereocenters. The summed E-state index contributed by atoms with van der Waals surface area (Å²) in [5.41, 5.74) is 0. The van der Waals surface area contributed by atoms with E-state index in [1.54, 1.807) is 14.0 Å². The number of methoxy groups -OCH3 is 1. The van der Waals surface area contributed by atoms with Crippen molar-refractivity contribution in [1.29, 1.82) is 0 Å². The summed E-state index contributed by atoms with van der Waals surface area (Å²) in [5, 5.41) is 3.77. The fourth-order valence-electron chi connectivity index (χ4n) is 2.01. The molecule has 1 amide bonds. The molecule has 0 spiro atoms. The average molecular weight is 239 g/mol. The van der Waals surface area contributed by atoms with Gasteiger partial charge < -0.3 is 14.2 Å². The van der Waals surface area contributed by atoms with E-state index in [-0.39, 0.29) is 11.8 Å². The third-order valence-corrected chi connectivity index (χ3v) is 2.95. The van der Waals surface area contributed by atoms with Gasteiger partial charge in [-0.1, -0.05) is 5.16 Å². The lowest BCUT2D eigenvalue weighted by atomic mass is 10.1. The van der Waals surface area contributed by atoms with Crippen molar-refractivity contribution >= 4 is 5.91 Å². The van der Waals surface area contributed by atoms with Gasteiger partial charge in [0.15, 0.2) is 5.82 Å². The summed E-state index contributed by atoms with van der Waals surface area (Å²) >= 11 is 0. The second kappa shape index (κ2) is 5.27. The molecule has 0 N–H and O–H groups in total. The number of carbonyl (C=O) groups excluding carboxylic acids is 1. The first kappa shape index (κ1) is 12.0. The molecule has 6 nitrogen and oxygen atoms in total. The van der Waals surface area contributed by atoms with Gasteiger partial charge in [-0.3, -0.25) is 4.79 Å². The number of likely N-dealkylation sites (tertiary alicyclic amines) is 1. The van der Waals surface area contributed by atoms with Crippen LogP contribution in [0.3, 0.4) is 0 Å². The molecule has 0 bridgehead atoms. The molecule has 1 aromatic heterocycles. The van der Waals surface area contributed by atoms with E-state index in [0.717, 1.165) is 13.0 Å². The van der Waals surface area contributed by atoms with Crippen LogP contribution in [0.1, 0.15) is 30.5 Å². The summed E-state index contributed by atoms with van der Waals surface area (Å²) in [6, 6.07) is 0. The molecule has 2 heterocycles. The molecule has 17 heavy (non-hydrogen) atoms. The normalized spacial score (nSPS) is 19.9. The van der Waals surface area contributed by atoms with E-state index in [1.165, 1.54) is 0 Å². The fourth-order valence-corrected chi connectivity index (χ4v) is 2.01. The zero-order valence-electron chi connectivity index (χ0n) is 10.2. The first-order chi connectivity index (χ1) is 8.20. The molecule has 0 aliphatic carbocycles. The summed E-state index contributed by atoms with van der Waals surface area (Å²) in [6.45, 7) is 3.70. The molecule has 1 saturated heterocycles. The minimum Gasteiger partial charge on any atom is -0.384 e. The van der Waals surface area contributed by atoms with Crippen molar-refractivity contribution in [3.63, 3.8) is 0 Å². The van der Waals surface area contributed by atoms with Crippen LogP contribution < -0.4 is 0 Å². The van der Waals surface area contributed by atoms with E-state index in [9.17, 15) is 4.79 Å². The van der Waals surface area contributed by atoms with E-state index in [1.807, 2.05) is 4.90 Å². The largest absolute Gasteiger partial charge is 0.384 e. The van der Waals surface area contributed by atoms with Crippen molar-refractivity contribution in [3.8, 4) is 0 Å². The highest BCUT2D eigenvalue weighted by atomic mass is 16.5. The summed E-state index contributed by atoms with van der Waals surface area (Å²) < 4.78 is 10.0. The topological polar surface area (TPSA) is 68.5 Å². The van der Waals surface area contributed by atoms with Gasteiger partial charge in [0.05, 0.1) is 18.9 Å². The van der Waals surface area contributed by atoms with Crippen molar-refractivity contribution in [1.82, 2.24) is 15.0 Å². The molecule has 94 valence electrons. The zero-order chi connectivity index (χ0) is 12.3. The second-order valence-electron chi connectivity index (χ2n) is 4.25. The number of ether oxygens (including phenoxy) is 1. The van der Waals surface area contributed by atoms with Gasteiger partial charge in [0.25, 0.3) is 0 Å². The number of hydrogen-bond donors (Lipinski definition) is 0. The highest BCUT2D eigenvalue weighted by Gasteiger charge is 2.30. The van der Waals surface area contributed by atoms with Crippen LogP contribution in [0.25, 0.3) is 0 Å². The maximum absolute atomic E-state index is 11.8. The summed E-state index contributed by atoms with van der Waals surface area (Å²) in [7, 11) is 1.60. The first-order valence-corrected chi connectivity index (χ1v) is 5.77. The number of nitrogens with zero attached hydrogens (tertiary/aromatic N) is 3. The highest BCUT2D eigenvalue weighted by molar-refractivity contribution is 5.76. The smallest absolute Gasteiger partial charge is 0.231 e. The Balaban J connectivity index is 1.89. The quantitative estimate of drug-likeness (QED) is 0.774. The number of aromatic nitrogens is 2. The average Bonchev–Trinajstić information content (AvgIpc) is 2.93. The lowest BCUT2D eigenvalue weighted by Gasteiger charge is -2.15. The van der Waals surface area contributed by atoms with Gasteiger partial charge in [0, 0.05) is 20.2 Å². The van der Waals surface area contributed by atoms with Crippen LogP contribution in [-0.4, -0.2) is 47.8 Å². The predicted molar refractivity (Wildman–Crippen MR) is 59.5 cm³/mol. The number of amides is 1. The van der Waals surface area contributed by atoms with Crippen LogP contribution in [-0.2, 0) is 9.53 Å². The van der Waals surface area contributed by atoms with Crippen LogP contribution in [0.4, 0.5) is 0 Å². The summed E-state index contributed by atoms with van der Waals surface area (Å²) in [5.74, 6) is 1.60. The lowest BCUT2D eigenvalue weighted by molar-refractivity contribution is -0.131. The highest BCUT2D eigenvalue weighted by Crippen LogP contribution is 2.26. The van der Waals surface area contributed by atoms with E-state index in [4.69, 9.17) is 9.26 Å². The Morgan fingerprint density at radius 2 is 2.47 bits per heavy atom. The Hall–Kier alpha value is -1.43. The van der Waals surface area contributed by atoms with Gasteiger partial charge in [-0.2, -0.15) is 4.98 Å². The third-order valence-electron chi connectivity index (χ3n) is 2.95. The van der Waals surface area contributed by atoms with Crippen molar-refractivity contribution in [2.45, 2.75) is 25.7 Å². The number of rotatable bonds is 4. The third kappa shape index (κ3) is 2.82. The van der Waals surface area contributed by atoms with Crippen molar-refractivity contribution in [3.05, 3.63) is 11.7 Å². The Morgan fingerprint density at radius 1 is 1.65 bits per heavy atom. The standard InChI is InChI=1S/C11H17N3O3/c1-8-12-11(17-13-8)9-3-5-14(7-9)10(15)4-6-16-2/h9H,3-7H2,1-2H3/t9-/m0/s1. The van der Waals surface area contributed by atoms with Gasteiger partial charge in [-0.15, -0.1) is 0 Å². The van der Waals surface area contributed by atoms with Crippen LogP contribution >= 0.6 is 0 Å². The molecular weight excluding hydrogens is 222 g/mol. The number of carbonyl (C=O) groups is 1. The maximum atomic E-state index is 11.8. The van der Waals surface area contributed by atoms with E-state index in [0.29, 0.717) is 31.3 Å². The molecule has 0 aromatic carbocycles. The van der Waals surface area contributed by atoms with Crippen LogP contribution in [0, 0.1) is 6.92 Å². The van der Waals surface area contributed by atoms with E-state index in [2.05, 4.69) is 10.1 Å². The molecule has 0 unspecified atom stereocenters. The van der Waals surface area contributed by atoms with Crippen molar-refractivity contribution < 1.29 is 14.1 Å². The van der Waals surface area contributed by atoms with Gasteiger partial charge in [-0.25, -0.2) is 0 Å². The fraction of sp³-hybridized carbons (Fsp3) is 0.727. The van der Waals surface area contributed by atoms with Crippen molar-refractivity contribution in [2.75, 3.05) is 26.8 Å². The number of aryl methyl sites for hydroxylation is 1. The Kier molecular flexibility index (Phi) is 3.73. The molecule has 6 heteroatoms. The molecular formula is C11H17N3O3. The summed E-state index contributed by atoms with van der Waals surface area (Å²) in [4.78, 5) is 17.8. The monoisotopic (exact) mass is 239 g/mol. The molecule has 1 aliphatic rings. The van der Waals surface area contributed by atoms with E-state index >= 15 is 0 Å². The molecule has 1 aliphatic heterocycles. The Morgan fingerprint density at radius 3 is 3.12 bits per heavy atom. The molecule has 2 rings (SSSR count). The minimum atomic E-state index is 0.130. The minimum absolute atomic E-state index is 0.130. The first-order valence-electron chi connectivity index (χ1n) is 5.77. The van der Waals surface area contributed by atoms with Crippen LogP contribution in [0.5, 0.6) is 0 Å². The van der Waals surface area contributed by atoms with Gasteiger partial charge in [0.2, 0.25) is 11.8 Å². The second-order valence-corrected chi connectivity index (χ2v) is 4.25. The molecule has 0 saturated carbocycles. The van der Waals surface area contributed by atoms with Crippen LogP contribution in [0.15, 0.2) is 4.52 Å². The van der Waals surface area contributed by atoms with Gasteiger partial charge in [-0.05, 0) is 13.3 Å². The van der Waals surface area contributed by atoms with Crippen LogP contribution in [0.2, 0.25) is 0 Å². The molecule has 1 aromatic rings. The van der Waals surface area contributed by atoms with Gasteiger partial charge in [0.1, 0.15) is 0 Å². The summed E-state index contributed by atoms with van der Waals surface area (Å²) in [6.07, 6.45) is 1.33.